The fourth-order valence-electron chi connectivity index (χ4n) is 2.08. The first-order valence-electron chi connectivity index (χ1n) is 7.10. The quantitative estimate of drug-likeness (QED) is 0.381. The minimum atomic E-state index is -3.72. The number of carbonyl (C=O) groups is 1. The van der Waals surface area contributed by atoms with Crippen LogP contribution < -0.4 is 26.1 Å². The molecule has 0 aliphatic rings. The van der Waals surface area contributed by atoms with Crippen LogP contribution in [0, 0.1) is 0 Å². The molecule has 0 aliphatic heterocycles. The standard InChI is InChI=1S/C14H17N5O5S2/c1-16-26(22,23)9-5-4-7(6-8(9)24-2)17-12-10(11(15)20)13(21)19-14(18-12)25-3/h4-6,16H,1-3H3,(H2,15,20)(H2,17,18,19,21). The van der Waals surface area contributed by atoms with E-state index in [0.29, 0.717) is 5.69 Å². The predicted octanol–water partition coefficient (Wildman–Crippen LogP) is 0.251. The second kappa shape index (κ2) is 7.76. The SMILES string of the molecule is CNS(=O)(=O)c1ccc(Nc2nc(SC)[nH]c(=O)c2C(N)=O)cc1OC. The molecule has 0 aliphatic carbocycles. The van der Waals surface area contributed by atoms with E-state index >= 15 is 0 Å². The number of nitrogens with zero attached hydrogens (tertiary/aromatic N) is 1. The van der Waals surface area contributed by atoms with Crippen LogP contribution in [0.1, 0.15) is 10.4 Å². The van der Waals surface area contributed by atoms with Gasteiger partial charge >= 0.3 is 0 Å². The normalized spacial score (nSPS) is 11.2. The van der Waals surface area contributed by atoms with Crippen LogP contribution in [0.5, 0.6) is 5.75 Å². The van der Waals surface area contributed by atoms with Crippen molar-refractivity contribution >= 4 is 39.2 Å². The number of amides is 1. The predicted molar refractivity (Wildman–Crippen MR) is 97.7 cm³/mol. The molecule has 140 valence electrons. The molecule has 5 N–H and O–H groups in total. The van der Waals surface area contributed by atoms with Crippen LogP contribution >= 0.6 is 11.8 Å². The summed E-state index contributed by atoms with van der Waals surface area (Å²) < 4.78 is 31.3. The van der Waals surface area contributed by atoms with E-state index in [9.17, 15) is 18.0 Å². The minimum absolute atomic E-state index is 0.0446. The van der Waals surface area contributed by atoms with Crippen LogP contribution in [0.3, 0.4) is 0 Å². The number of hydrogen-bond donors (Lipinski definition) is 4. The smallest absolute Gasteiger partial charge is 0.266 e. The number of nitrogens with one attached hydrogen (secondary N) is 3. The molecule has 0 bridgehead atoms. The van der Waals surface area contributed by atoms with Crippen LogP contribution in [0.25, 0.3) is 0 Å². The molecule has 26 heavy (non-hydrogen) atoms. The van der Waals surface area contributed by atoms with Gasteiger partial charge in [0, 0.05) is 11.8 Å². The maximum Gasteiger partial charge on any atom is 0.266 e. The van der Waals surface area contributed by atoms with Crippen LogP contribution in [0.2, 0.25) is 0 Å². The summed E-state index contributed by atoms with van der Waals surface area (Å²) in [6, 6.07) is 4.16. The first-order valence-corrected chi connectivity index (χ1v) is 9.81. The van der Waals surface area contributed by atoms with Gasteiger partial charge in [-0.05, 0) is 25.4 Å². The van der Waals surface area contributed by atoms with Gasteiger partial charge in [0.2, 0.25) is 10.0 Å². The second-order valence-electron chi connectivity index (χ2n) is 4.86. The fourth-order valence-corrected chi connectivity index (χ4v) is 3.33. The largest absolute Gasteiger partial charge is 0.495 e. The number of methoxy groups -OCH3 is 1. The number of ether oxygens (including phenoxy) is 1. The Hall–Kier alpha value is -2.57. The van der Waals surface area contributed by atoms with Gasteiger partial charge in [0.15, 0.2) is 11.0 Å². The lowest BCUT2D eigenvalue weighted by Crippen LogP contribution is -2.26. The Morgan fingerprint density at radius 3 is 2.62 bits per heavy atom. The highest BCUT2D eigenvalue weighted by Crippen LogP contribution is 2.29. The topological polar surface area (TPSA) is 156 Å². The number of aromatic amines is 1. The van der Waals surface area contributed by atoms with Gasteiger partial charge in [0.1, 0.15) is 16.2 Å². The summed E-state index contributed by atoms with van der Waals surface area (Å²) >= 11 is 1.17. The first-order chi connectivity index (χ1) is 12.2. The molecule has 2 rings (SSSR count). The molecule has 0 atom stereocenters. The van der Waals surface area contributed by atoms with Crippen molar-refractivity contribution in [1.82, 2.24) is 14.7 Å². The molecule has 0 fully saturated rings. The second-order valence-corrected chi connectivity index (χ2v) is 7.51. The number of thioether (sulfide) groups is 1. The summed E-state index contributed by atoms with van der Waals surface area (Å²) in [5.41, 5.74) is 4.59. The number of rotatable bonds is 7. The third-order valence-electron chi connectivity index (χ3n) is 3.32. The number of H-pyrrole nitrogens is 1. The molecule has 1 amide bonds. The zero-order valence-electron chi connectivity index (χ0n) is 14.1. The Kier molecular flexibility index (Phi) is 5.90. The molecular weight excluding hydrogens is 382 g/mol. The van der Waals surface area contributed by atoms with Gasteiger partial charge in [-0.25, -0.2) is 18.1 Å². The monoisotopic (exact) mass is 399 g/mol. The maximum absolute atomic E-state index is 12.0. The Morgan fingerprint density at radius 2 is 2.08 bits per heavy atom. The summed E-state index contributed by atoms with van der Waals surface area (Å²) in [7, 11) is -1.12. The summed E-state index contributed by atoms with van der Waals surface area (Å²) in [5.74, 6) is -0.924. The number of nitrogens with two attached hydrogens (primary N) is 1. The molecule has 0 unspecified atom stereocenters. The van der Waals surface area contributed by atoms with Crippen molar-refractivity contribution in [1.29, 1.82) is 0 Å². The molecule has 1 aromatic heterocycles. The zero-order valence-corrected chi connectivity index (χ0v) is 15.7. The van der Waals surface area contributed by atoms with Crippen molar-refractivity contribution in [2.75, 3.05) is 25.7 Å². The highest BCUT2D eigenvalue weighted by Gasteiger charge is 2.20. The van der Waals surface area contributed by atoms with Crippen molar-refractivity contribution in [2.45, 2.75) is 10.1 Å². The lowest BCUT2D eigenvalue weighted by Gasteiger charge is -2.13. The van der Waals surface area contributed by atoms with Crippen LogP contribution in [0.4, 0.5) is 11.5 Å². The zero-order chi connectivity index (χ0) is 19.5. The van der Waals surface area contributed by atoms with Gasteiger partial charge in [-0.1, -0.05) is 11.8 Å². The average molecular weight is 399 g/mol. The van der Waals surface area contributed by atoms with E-state index in [1.165, 1.54) is 44.1 Å². The molecular formula is C14H17N5O5S2. The molecule has 2 aromatic rings. The number of carbonyl (C=O) groups excluding carboxylic acids is 1. The van der Waals surface area contributed by atoms with Crippen LogP contribution in [-0.4, -0.2) is 44.7 Å². The third kappa shape index (κ3) is 3.98. The van der Waals surface area contributed by atoms with E-state index in [1.807, 2.05) is 0 Å². The van der Waals surface area contributed by atoms with E-state index in [-0.39, 0.29) is 27.2 Å². The number of anilines is 2. The van der Waals surface area contributed by atoms with Crippen molar-refractivity contribution < 1.29 is 17.9 Å². The van der Waals surface area contributed by atoms with Crippen molar-refractivity contribution in [3.63, 3.8) is 0 Å². The molecule has 0 saturated heterocycles. The Balaban J connectivity index is 2.54. The first kappa shape index (κ1) is 19.8. The summed E-state index contributed by atoms with van der Waals surface area (Å²) in [6.45, 7) is 0. The molecule has 0 saturated carbocycles. The average Bonchev–Trinajstić information content (AvgIpc) is 2.60. The van der Waals surface area contributed by atoms with Gasteiger partial charge < -0.3 is 20.8 Å². The van der Waals surface area contributed by atoms with E-state index in [0.717, 1.165) is 0 Å². The third-order valence-corrected chi connectivity index (χ3v) is 5.36. The molecule has 1 aromatic carbocycles. The molecule has 1 heterocycles. The number of primary amides is 1. The van der Waals surface area contributed by atoms with E-state index in [1.54, 1.807) is 6.26 Å². The van der Waals surface area contributed by atoms with E-state index < -0.39 is 21.5 Å². The van der Waals surface area contributed by atoms with Gasteiger partial charge in [0.25, 0.3) is 11.5 Å². The number of hydrogen-bond acceptors (Lipinski definition) is 8. The molecule has 12 heteroatoms. The fraction of sp³-hybridized carbons (Fsp3) is 0.214. The van der Waals surface area contributed by atoms with Gasteiger partial charge in [-0.15, -0.1) is 0 Å². The molecule has 0 radical (unpaired) electrons. The van der Waals surface area contributed by atoms with Crippen LogP contribution in [0.15, 0.2) is 33.0 Å². The van der Waals surface area contributed by atoms with E-state index in [2.05, 4.69) is 20.0 Å². The lowest BCUT2D eigenvalue weighted by molar-refractivity contribution is 0.0999. The Labute approximate surface area is 153 Å². The molecule has 10 nitrogen and oxygen atoms in total. The van der Waals surface area contributed by atoms with Crippen molar-refractivity contribution in [3.05, 3.63) is 34.1 Å². The Morgan fingerprint density at radius 1 is 1.38 bits per heavy atom. The molecule has 0 spiro atoms. The number of benzene rings is 1. The summed E-state index contributed by atoms with van der Waals surface area (Å²) in [4.78, 5) is 30.1. The van der Waals surface area contributed by atoms with Crippen LogP contribution in [-0.2, 0) is 10.0 Å². The Bertz CT molecular complexity index is 1000. The minimum Gasteiger partial charge on any atom is -0.495 e. The van der Waals surface area contributed by atoms with Gasteiger partial charge in [0.05, 0.1) is 7.11 Å². The number of sulfonamides is 1. The highest BCUT2D eigenvalue weighted by atomic mass is 32.2. The van der Waals surface area contributed by atoms with E-state index in [4.69, 9.17) is 10.5 Å². The summed E-state index contributed by atoms with van der Waals surface area (Å²) in [5, 5.41) is 3.08. The van der Waals surface area contributed by atoms with Gasteiger partial charge in [-0.2, -0.15) is 0 Å². The maximum atomic E-state index is 12.0. The number of aromatic nitrogens is 2. The van der Waals surface area contributed by atoms with Crippen molar-refractivity contribution in [2.24, 2.45) is 5.73 Å². The van der Waals surface area contributed by atoms with Crippen molar-refractivity contribution in [3.8, 4) is 5.75 Å². The highest BCUT2D eigenvalue weighted by molar-refractivity contribution is 7.98. The van der Waals surface area contributed by atoms with Gasteiger partial charge in [-0.3, -0.25) is 9.59 Å². The summed E-state index contributed by atoms with van der Waals surface area (Å²) in [6.07, 6.45) is 1.70. The lowest BCUT2D eigenvalue weighted by atomic mass is 10.2.